The SMILES string of the molecule is O=C(Nc1ccc(I)cc1)c1cnn(-c2ccc([N+](=O)[O-])cc2)c1. The van der Waals surface area contributed by atoms with Gasteiger partial charge in [0.25, 0.3) is 11.6 Å². The highest BCUT2D eigenvalue weighted by Gasteiger charge is 2.11. The average Bonchev–Trinajstić information content (AvgIpc) is 3.07. The maximum atomic E-state index is 12.2. The molecule has 2 aromatic carbocycles. The number of carbonyl (C=O) groups excluding carboxylic acids is 1. The van der Waals surface area contributed by atoms with Gasteiger partial charge < -0.3 is 5.32 Å². The number of nitro groups is 1. The summed E-state index contributed by atoms with van der Waals surface area (Å²) in [6.45, 7) is 0. The van der Waals surface area contributed by atoms with Crippen LogP contribution in [0.1, 0.15) is 10.4 Å². The van der Waals surface area contributed by atoms with E-state index < -0.39 is 4.92 Å². The molecule has 1 heterocycles. The molecule has 0 atom stereocenters. The largest absolute Gasteiger partial charge is 0.322 e. The molecular weight excluding hydrogens is 423 g/mol. The normalized spacial score (nSPS) is 10.4. The first-order valence-electron chi connectivity index (χ1n) is 6.89. The van der Waals surface area contributed by atoms with Gasteiger partial charge in [-0.25, -0.2) is 4.68 Å². The lowest BCUT2D eigenvalue weighted by atomic mass is 10.2. The van der Waals surface area contributed by atoms with E-state index in [2.05, 4.69) is 33.0 Å². The van der Waals surface area contributed by atoms with E-state index in [-0.39, 0.29) is 11.6 Å². The molecule has 7 nitrogen and oxygen atoms in total. The molecule has 0 aliphatic carbocycles. The standard InChI is InChI=1S/C16H11IN4O3/c17-12-1-3-13(4-2-12)19-16(22)11-9-18-20(10-11)14-5-7-15(8-6-14)21(23)24/h1-10H,(H,19,22). The van der Waals surface area contributed by atoms with Crippen LogP contribution >= 0.6 is 22.6 Å². The van der Waals surface area contributed by atoms with Crippen molar-refractivity contribution in [1.29, 1.82) is 0 Å². The van der Waals surface area contributed by atoms with Gasteiger partial charge in [-0.1, -0.05) is 0 Å². The van der Waals surface area contributed by atoms with Gasteiger partial charge in [0.2, 0.25) is 0 Å². The summed E-state index contributed by atoms with van der Waals surface area (Å²) >= 11 is 2.19. The molecule has 1 aromatic heterocycles. The summed E-state index contributed by atoms with van der Waals surface area (Å²) in [7, 11) is 0. The fourth-order valence-corrected chi connectivity index (χ4v) is 2.40. The Balaban J connectivity index is 1.75. The van der Waals surface area contributed by atoms with Gasteiger partial charge in [0.05, 0.1) is 22.4 Å². The van der Waals surface area contributed by atoms with Crippen molar-refractivity contribution in [3.8, 4) is 5.69 Å². The molecule has 8 heteroatoms. The van der Waals surface area contributed by atoms with Crippen LogP contribution in [-0.4, -0.2) is 20.6 Å². The molecular formula is C16H11IN4O3. The van der Waals surface area contributed by atoms with Crippen molar-refractivity contribution >= 4 is 39.9 Å². The topological polar surface area (TPSA) is 90.1 Å². The molecule has 3 aromatic rings. The Morgan fingerprint density at radius 2 is 1.79 bits per heavy atom. The summed E-state index contributed by atoms with van der Waals surface area (Å²) in [5, 5.41) is 17.6. The van der Waals surface area contributed by atoms with E-state index in [1.54, 1.807) is 18.3 Å². The highest BCUT2D eigenvalue weighted by Crippen LogP contribution is 2.16. The monoisotopic (exact) mass is 434 g/mol. The highest BCUT2D eigenvalue weighted by atomic mass is 127. The Labute approximate surface area is 150 Å². The molecule has 3 rings (SSSR count). The van der Waals surface area contributed by atoms with E-state index >= 15 is 0 Å². The minimum absolute atomic E-state index is 0.00239. The van der Waals surface area contributed by atoms with Crippen LogP contribution in [0.5, 0.6) is 0 Å². The van der Waals surface area contributed by atoms with Crippen LogP contribution in [0.2, 0.25) is 0 Å². The van der Waals surface area contributed by atoms with Crippen molar-refractivity contribution in [2.75, 3.05) is 5.32 Å². The van der Waals surface area contributed by atoms with Gasteiger partial charge in [-0.3, -0.25) is 14.9 Å². The van der Waals surface area contributed by atoms with Crippen LogP contribution in [0.25, 0.3) is 5.69 Å². The summed E-state index contributed by atoms with van der Waals surface area (Å²) in [6.07, 6.45) is 3.02. The number of benzene rings is 2. The first kappa shape index (κ1) is 16.1. The van der Waals surface area contributed by atoms with E-state index in [1.807, 2.05) is 24.3 Å². The Bertz CT molecular complexity index is 888. The molecule has 24 heavy (non-hydrogen) atoms. The number of rotatable bonds is 4. The van der Waals surface area contributed by atoms with Crippen molar-refractivity contribution in [3.63, 3.8) is 0 Å². The second-order valence-corrected chi connectivity index (χ2v) is 6.15. The second kappa shape index (κ2) is 6.79. The predicted molar refractivity (Wildman–Crippen MR) is 97.3 cm³/mol. The van der Waals surface area contributed by atoms with Crippen molar-refractivity contribution in [2.45, 2.75) is 0 Å². The van der Waals surface area contributed by atoms with E-state index in [0.29, 0.717) is 16.9 Å². The average molecular weight is 434 g/mol. The number of aromatic nitrogens is 2. The lowest BCUT2D eigenvalue weighted by Gasteiger charge is -2.03. The minimum atomic E-state index is -0.465. The third kappa shape index (κ3) is 3.59. The van der Waals surface area contributed by atoms with Gasteiger partial charge in [-0.05, 0) is 59.0 Å². The number of nitro benzene ring substituents is 1. The zero-order chi connectivity index (χ0) is 17.1. The quantitative estimate of drug-likeness (QED) is 0.386. The van der Waals surface area contributed by atoms with Crippen molar-refractivity contribution in [3.05, 3.63) is 80.2 Å². The Hall–Kier alpha value is -2.75. The van der Waals surface area contributed by atoms with E-state index in [9.17, 15) is 14.9 Å². The predicted octanol–water partition coefficient (Wildman–Crippen LogP) is 3.64. The van der Waals surface area contributed by atoms with Crippen LogP contribution in [0.15, 0.2) is 60.9 Å². The Morgan fingerprint density at radius 1 is 1.12 bits per heavy atom. The number of carbonyl (C=O) groups is 1. The molecule has 0 saturated carbocycles. The van der Waals surface area contributed by atoms with Gasteiger partial charge in [-0.2, -0.15) is 5.10 Å². The van der Waals surface area contributed by atoms with E-state index in [0.717, 1.165) is 3.57 Å². The van der Waals surface area contributed by atoms with Gasteiger partial charge in [-0.15, -0.1) is 0 Å². The molecule has 0 saturated heterocycles. The number of anilines is 1. The molecule has 0 radical (unpaired) electrons. The van der Waals surface area contributed by atoms with Crippen LogP contribution in [0.3, 0.4) is 0 Å². The molecule has 120 valence electrons. The molecule has 0 spiro atoms. The molecule has 0 bridgehead atoms. The summed E-state index contributed by atoms with van der Waals surface area (Å²) in [6, 6.07) is 13.4. The third-order valence-corrected chi connectivity index (χ3v) is 3.99. The summed E-state index contributed by atoms with van der Waals surface area (Å²) < 4.78 is 2.57. The van der Waals surface area contributed by atoms with Crippen LogP contribution in [0.4, 0.5) is 11.4 Å². The van der Waals surface area contributed by atoms with Gasteiger partial charge >= 0.3 is 0 Å². The van der Waals surface area contributed by atoms with Gasteiger partial charge in [0.1, 0.15) is 0 Å². The number of halogens is 1. The highest BCUT2D eigenvalue weighted by molar-refractivity contribution is 14.1. The Morgan fingerprint density at radius 3 is 2.42 bits per heavy atom. The number of amides is 1. The van der Waals surface area contributed by atoms with Crippen LogP contribution < -0.4 is 5.32 Å². The number of nitrogens with one attached hydrogen (secondary N) is 1. The zero-order valence-corrected chi connectivity index (χ0v) is 14.4. The lowest BCUT2D eigenvalue weighted by Crippen LogP contribution is -2.10. The van der Waals surface area contributed by atoms with Crippen LogP contribution in [0, 0.1) is 13.7 Å². The number of non-ortho nitro benzene ring substituents is 1. The molecule has 0 fully saturated rings. The van der Waals surface area contributed by atoms with Gasteiger partial charge in [0, 0.05) is 27.6 Å². The fraction of sp³-hybridized carbons (Fsp3) is 0. The van der Waals surface area contributed by atoms with Crippen molar-refractivity contribution in [1.82, 2.24) is 9.78 Å². The molecule has 0 aliphatic rings. The Kier molecular flexibility index (Phi) is 4.56. The van der Waals surface area contributed by atoms with E-state index in [1.165, 1.54) is 23.0 Å². The van der Waals surface area contributed by atoms with Crippen molar-refractivity contribution < 1.29 is 9.72 Å². The maximum absolute atomic E-state index is 12.2. The van der Waals surface area contributed by atoms with E-state index in [4.69, 9.17) is 0 Å². The van der Waals surface area contributed by atoms with Gasteiger partial charge in [0.15, 0.2) is 0 Å². The number of nitrogens with zero attached hydrogens (tertiary/aromatic N) is 3. The first-order chi connectivity index (χ1) is 11.5. The lowest BCUT2D eigenvalue weighted by molar-refractivity contribution is -0.384. The molecule has 1 N–H and O–H groups in total. The zero-order valence-electron chi connectivity index (χ0n) is 12.2. The molecule has 0 unspecified atom stereocenters. The molecule has 1 amide bonds. The first-order valence-corrected chi connectivity index (χ1v) is 7.97. The smallest absolute Gasteiger partial charge is 0.269 e. The summed E-state index contributed by atoms with van der Waals surface area (Å²) in [4.78, 5) is 22.4. The van der Waals surface area contributed by atoms with Crippen molar-refractivity contribution in [2.24, 2.45) is 0 Å². The fourth-order valence-electron chi connectivity index (χ4n) is 2.04. The maximum Gasteiger partial charge on any atom is 0.269 e. The second-order valence-electron chi connectivity index (χ2n) is 4.91. The summed E-state index contributed by atoms with van der Waals surface area (Å²) in [5.74, 6) is -0.274. The number of hydrogen-bond donors (Lipinski definition) is 1. The molecule has 0 aliphatic heterocycles. The minimum Gasteiger partial charge on any atom is -0.322 e. The van der Waals surface area contributed by atoms with Crippen LogP contribution in [-0.2, 0) is 0 Å². The number of hydrogen-bond acceptors (Lipinski definition) is 4. The summed E-state index contributed by atoms with van der Waals surface area (Å²) in [5.41, 5.74) is 1.73. The third-order valence-electron chi connectivity index (χ3n) is 3.27.